The SMILES string of the molecule is CCCCC[C@H](O)/C=C/[C@@H]1C(CCCCCCC(=O)O)=C(CCC(C)(C)C)C[C@H]1O. The number of hydrogen-bond acceptors (Lipinski definition) is 3. The van der Waals surface area contributed by atoms with Crippen molar-refractivity contribution in [1.29, 1.82) is 0 Å². The van der Waals surface area contributed by atoms with Gasteiger partial charge in [-0.15, -0.1) is 0 Å². The Morgan fingerprint density at radius 3 is 2.43 bits per heavy atom. The number of aliphatic carboxylic acids is 1. The third-order valence-electron chi connectivity index (χ3n) is 6.13. The average molecular weight is 423 g/mol. The summed E-state index contributed by atoms with van der Waals surface area (Å²) in [4.78, 5) is 10.7. The lowest BCUT2D eigenvalue weighted by Gasteiger charge is -2.19. The Bertz CT molecular complexity index is 556. The predicted octanol–water partition coefficient (Wildman–Crippen LogP) is 6.41. The van der Waals surface area contributed by atoms with Crippen LogP contribution in [0.3, 0.4) is 0 Å². The molecule has 0 fully saturated rings. The van der Waals surface area contributed by atoms with Crippen LogP contribution in [0.4, 0.5) is 0 Å². The minimum absolute atomic E-state index is 0.0137. The molecule has 0 radical (unpaired) electrons. The molecule has 4 nitrogen and oxygen atoms in total. The van der Waals surface area contributed by atoms with Crippen molar-refractivity contribution >= 4 is 5.97 Å². The molecule has 30 heavy (non-hydrogen) atoms. The fraction of sp³-hybridized carbons (Fsp3) is 0.808. The first-order valence-corrected chi connectivity index (χ1v) is 12.1. The lowest BCUT2D eigenvalue weighted by Crippen LogP contribution is -2.15. The molecule has 0 saturated heterocycles. The third kappa shape index (κ3) is 11.3. The number of aliphatic hydroxyl groups is 2. The van der Waals surface area contributed by atoms with E-state index in [0.29, 0.717) is 0 Å². The molecule has 0 aliphatic heterocycles. The van der Waals surface area contributed by atoms with Gasteiger partial charge in [0.1, 0.15) is 0 Å². The van der Waals surface area contributed by atoms with Crippen molar-refractivity contribution in [3.05, 3.63) is 23.3 Å². The van der Waals surface area contributed by atoms with Crippen molar-refractivity contribution in [3.63, 3.8) is 0 Å². The smallest absolute Gasteiger partial charge is 0.303 e. The van der Waals surface area contributed by atoms with E-state index in [0.717, 1.165) is 77.0 Å². The van der Waals surface area contributed by atoms with Crippen molar-refractivity contribution < 1.29 is 20.1 Å². The van der Waals surface area contributed by atoms with Crippen LogP contribution in [0.2, 0.25) is 0 Å². The normalized spacial score (nSPS) is 21.0. The number of hydrogen-bond donors (Lipinski definition) is 3. The van der Waals surface area contributed by atoms with Gasteiger partial charge in [0, 0.05) is 12.3 Å². The Hall–Kier alpha value is -1.13. The van der Waals surface area contributed by atoms with Crippen LogP contribution in [-0.2, 0) is 4.79 Å². The molecule has 3 atom stereocenters. The third-order valence-corrected chi connectivity index (χ3v) is 6.13. The molecular weight excluding hydrogens is 376 g/mol. The zero-order valence-corrected chi connectivity index (χ0v) is 19.8. The van der Waals surface area contributed by atoms with Gasteiger partial charge < -0.3 is 15.3 Å². The maximum atomic E-state index is 10.7. The first kappa shape index (κ1) is 26.9. The molecular formula is C26H46O4. The molecule has 1 aliphatic rings. The molecule has 1 aliphatic carbocycles. The highest BCUT2D eigenvalue weighted by Gasteiger charge is 2.31. The first-order chi connectivity index (χ1) is 14.1. The van der Waals surface area contributed by atoms with Gasteiger partial charge in [0.05, 0.1) is 12.2 Å². The van der Waals surface area contributed by atoms with E-state index in [-0.39, 0.29) is 23.9 Å². The Kier molecular flexibility index (Phi) is 12.6. The monoisotopic (exact) mass is 422 g/mol. The van der Waals surface area contributed by atoms with Crippen LogP contribution < -0.4 is 0 Å². The minimum atomic E-state index is -0.719. The fourth-order valence-corrected chi connectivity index (χ4v) is 4.25. The number of carboxylic acids is 1. The highest BCUT2D eigenvalue weighted by Crippen LogP contribution is 2.40. The predicted molar refractivity (Wildman–Crippen MR) is 124 cm³/mol. The van der Waals surface area contributed by atoms with Gasteiger partial charge in [0.15, 0.2) is 0 Å². The summed E-state index contributed by atoms with van der Waals surface area (Å²) < 4.78 is 0. The zero-order chi connectivity index (χ0) is 22.6. The van der Waals surface area contributed by atoms with Crippen molar-refractivity contribution in [2.24, 2.45) is 11.3 Å². The quantitative estimate of drug-likeness (QED) is 0.210. The van der Waals surface area contributed by atoms with Crippen LogP contribution in [0, 0.1) is 11.3 Å². The Balaban J connectivity index is 2.73. The molecule has 0 bridgehead atoms. The van der Waals surface area contributed by atoms with E-state index in [4.69, 9.17) is 5.11 Å². The summed E-state index contributed by atoms with van der Waals surface area (Å²) >= 11 is 0. The van der Waals surface area contributed by atoms with Gasteiger partial charge in [-0.2, -0.15) is 0 Å². The number of aliphatic hydroxyl groups excluding tert-OH is 2. The second-order valence-corrected chi connectivity index (χ2v) is 10.2. The lowest BCUT2D eigenvalue weighted by molar-refractivity contribution is -0.137. The highest BCUT2D eigenvalue weighted by atomic mass is 16.4. The summed E-state index contributed by atoms with van der Waals surface area (Å²) in [5, 5.41) is 29.8. The largest absolute Gasteiger partial charge is 0.481 e. The Morgan fingerprint density at radius 1 is 1.10 bits per heavy atom. The summed E-state index contributed by atoms with van der Waals surface area (Å²) in [6.07, 6.45) is 15.0. The number of rotatable bonds is 15. The van der Waals surface area contributed by atoms with Crippen molar-refractivity contribution in [3.8, 4) is 0 Å². The van der Waals surface area contributed by atoms with E-state index in [1.54, 1.807) is 0 Å². The van der Waals surface area contributed by atoms with Gasteiger partial charge in [-0.05, 0) is 50.4 Å². The summed E-state index contributed by atoms with van der Waals surface area (Å²) in [5.41, 5.74) is 3.03. The van der Waals surface area contributed by atoms with Crippen LogP contribution in [0.25, 0.3) is 0 Å². The van der Waals surface area contributed by atoms with E-state index in [2.05, 4.69) is 27.7 Å². The van der Waals surface area contributed by atoms with Crippen LogP contribution >= 0.6 is 0 Å². The van der Waals surface area contributed by atoms with E-state index < -0.39 is 12.1 Å². The number of carbonyl (C=O) groups is 1. The van der Waals surface area contributed by atoms with Crippen molar-refractivity contribution in [2.75, 3.05) is 0 Å². The lowest BCUT2D eigenvalue weighted by atomic mass is 9.86. The molecule has 0 aromatic rings. The molecule has 0 spiro atoms. The standard InChI is InChI=1S/C26H46O4/c1-5-6-9-12-21(27)15-16-23-22(13-10-7-8-11-14-25(29)30)20(19-24(23)28)17-18-26(2,3)4/h15-16,21,23-24,27-28H,5-14,17-19H2,1-4H3,(H,29,30)/b16-15+/t21-,23+,24+/m0/s1. The Morgan fingerprint density at radius 2 is 1.80 bits per heavy atom. The first-order valence-electron chi connectivity index (χ1n) is 12.1. The molecule has 0 aromatic heterocycles. The molecule has 0 aromatic carbocycles. The molecule has 0 heterocycles. The topological polar surface area (TPSA) is 77.8 Å². The van der Waals surface area contributed by atoms with E-state index in [1.807, 2.05) is 12.2 Å². The van der Waals surface area contributed by atoms with E-state index >= 15 is 0 Å². The maximum absolute atomic E-state index is 10.7. The summed E-state index contributed by atoms with van der Waals surface area (Å²) in [6.45, 7) is 8.93. The van der Waals surface area contributed by atoms with Crippen LogP contribution in [0.1, 0.15) is 111 Å². The number of carboxylic acid groups (broad SMARTS) is 1. The summed E-state index contributed by atoms with van der Waals surface area (Å²) in [6, 6.07) is 0. The van der Waals surface area contributed by atoms with Gasteiger partial charge in [0.25, 0.3) is 0 Å². The molecule has 0 unspecified atom stereocenters. The van der Waals surface area contributed by atoms with Crippen LogP contribution in [-0.4, -0.2) is 33.5 Å². The van der Waals surface area contributed by atoms with Gasteiger partial charge in [-0.25, -0.2) is 0 Å². The molecule has 0 saturated carbocycles. The molecule has 1 rings (SSSR count). The Labute approximate surface area is 184 Å². The molecule has 4 heteroatoms. The number of unbranched alkanes of at least 4 members (excludes halogenated alkanes) is 5. The average Bonchev–Trinajstić information content (AvgIpc) is 2.95. The van der Waals surface area contributed by atoms with Crippen molar-refractivity contribution in [1.82, 2.24) is 0 Å². The molecule has 3 N–H and O–H groups in total. The fourth-order valence-electron chi connectivity index (χ4n) is 4.25. The van der Waals surface area contributed by atoms with E-state index in [9.17, 15) is 15.0 Å². The summed E-state index contributed by atoms with van der Waals surface area (Å²) in [5.74, 6) is -0.705. The second kappa shape index (κ2) is 14.0. The minimum Gasteiger partial charge on any atom is -0.481 e. The van der Waals surface area contributed by atoms with Gasteiger partial charge in [-0.1, -0.05) is 83.1 Å². The molecule has 0 amide bonds. The highest BCUT2D eigenvalue weighted by molar-refractivity contribution is 5.66. The zero-order valence-electron chi connectivity index (χ0n) is 19.8. The van der Waals surface area contributed by atoms with Gasteiger partial charge in [0.2, 0.25) is 0 Å². The van der Waals surface area contributed by atoms with E-state index in [1.165, 1.54) is 11.1 Å². The summed E-state index contributed by atoms with van der Waals surface area (Å²) in [7, 11) is 0. The van der Waals surface area contributed by atoms with Crippen molar-refractivity contribution in [2.45, 2.75) is 123 Å². The second-order valence-electron chi connectivity index (χ2n) is 10.2. The maximum Gasteiger partial charge on any atom is 0.303 e. The van der Waals surface area contributed by atoms with Gasteiger partial charge in [-0.3, -0.25) is 4.79 Å². The van der Waals surface area contributed by atoms with Crippen LogP contribution in [0.5, 0.6) is 0 Å². The molecule has 174 valence electrons. The van der Waals surface area contributed by atoms with Gasteiger partial charge >= 0.3 is 5.97 Å². The van der Waals surface area contributed by atoms with Crippen LogP contribution in [0.15, 0.2) is 23.3 Å².